The molecule has 1 heterocycles. The lowest BCUT2D eigenvalue weighted by Crippen LogP contribution is -2.00. The monoisotopic (exact) mass is 349 g/mol. The molecule has 4 heteroatoms. The number of nitrogens with zero attached hydrogens (tertiary/aromatic N) is 1. The number of benzene rings is 2. The molecule has 0 saturated heterocycles. The Balaban J connectivity index is 2.03. The standard InChI is InChI=1S/C16H13BrClNO/c1-20-16-5-3-14(18)9-12(16)10-19-7-6-11-8-13(17)2-4-15(11)19/h2-9H,10H2,1H3. The fourth-order valence-corrected chi connectivity index (χ4v) is 2.94. The minimum Gasteiger partial charge on any atom is -0.496 e. The molecule has 3 aromatic rings. The number of methoxy groups -OCH3 is 1. The van der Waals surface area contributed by atoms with Gasteiger partial charge in [0.05, 0.1) is 13.7 Å². The lowest BCUT2D eigenvalue weighted by Gasteiger charge is -2.11. The Bertz CT molecular complexity index is 766. The second kappa shape index (κ2) is 5.51. The highest BCUT2D eigenvalue weighted by molar-refractivity contribution is 9.10. The van der Waals surface area contributed by atoms with Gasteiger partial charge in [0.1, 0.15) is 5.75 Å². The van der Waals surface area contributed by atoms with E-state index in [0.717, 1.165) is 27.4 Å². The molecule has 0 aliphatic carbocycles. The van der Waals surface area contributed by atoms with Crippen molar-refractivity contribution in [2.45, 2.75) is 6.54 Å². The summed E-state index contributed by atoms with van der Waals surface area (Å²) in [6.45, 7) is 0.731. The summed E-state index contributed by atoms with van der Waals surface area (Å²) in [7, 11) is 1.68. The third-order valence-electron chi connectivity index (χ3n) is 3.32. The first-order chi connectivity index (χ1) is 9.67. The van der Waals surface area contributed by atoms with Crippen LogP contribution < -0.4 is 4.74 Å². The third kappa shape index (κ3) is 2.56. The molecule has 0 amide bonds. The van der Waals surface area contributed by atoms with Crippen molar-refractivity contribution in [3.8, 4) is 5.75 Å². The van der Waals surface area contributed by atoms with Gasteiger partial charge >= 0.3 is 0 Å². The minimum absolute atomic E-state index is 0.722. The molecule has 0 aliphatic rings. The van der Waals surface area contributed by atoms with Crippen molar-refractivity contribution < 1.29 is 4.74 Å². The SMILES string of the molecule is COc1ccc(Cl)cc1Cn1ccc2cc(Br)ccc21. The van der Waals surface area contributed by atoms with E-state index >= 15 is 0 Å². The largest absolute Gasteiger partial charge is 0.496 e. The molecule has 0 atom stereocenters. The summed E-state index contributed by atoms with van der Waals surface area (Å²) < 4.78 is 8.68. The fourth-order valence-electron chi connectivity index (χ4n) is 2.36. The molecule has 1 aromatic heterocycles. The Kier molecular flexibility index (Phi) is 3.72. The van der Waals surface area contributed by atoms with Crippen molar-refractivity contribution >= 4 is 38.4 Å². The average molecular weight is 351 g/mol. The first-order valence-electron chi connectivity index (χ1n) is 6.24. The van der Waals surface area contributed by atoms with Gasteiger partial charge in [0.15, 0.2) is 0 Å². The van der Waals surface area contributed by atoms with Gasteiger partial charge in [0, 0.05) is 32.2 Å². The van der Waals surface area contributed by atoms with E-state index in [0.29, 0.717) is 0 Å². The van der Waals surface area contributed by atoms with Crippen LogP contribution in [0.5, 0.6) is 5.75 Å². The number of ether oxygens (including phenoxy) is 1. The highest BCUT2D eigenvalue weighted by Crippen LogP contribution is 2.26. The molecule has 0 unspecified atom stereocenters. The van der Waals surface area contributed by atoms with Crippen molar-refractivity contribution in [2.24, 2.45) is 0 Å². The quantitative estimate of drug-likeness (QED) is 0.640. The molecule has 2 nitrogen and oxygen atoms in total. The van der Waals surface area contributed by atoms with Crippen LogP contribution in [-0.4, -0.2) is 11.7 Å². The van der Waals surface area contributed by atoms with Crippen LogP contribution in [0.15, 0.2) is 53.1 Å². The molecule has 0 spiro atoms. The van der Waals surface area contributed by atoms with Gasteiger partial charge in [0.2, 0.25) is 0 Å². The predicted octanol–water partition coefficient (Wildman–Crippen LogP) is 5.11. The van der Waals surface area contributed by atoms with Crippen LogP contribution in [0, 0.1) is 0 Å². The Morgan fingerprint density at radius 3 is 2.80 bits per heavy atom. The maximum Gasteiger partial charge on any atom is 0.123 e. The summed E-state index contributed by atoms with van der Waals surface area (Å²) >= 11 is 9.58. The van der Waals surface area contributed by atoms with Gasteiger partial charge in [-0.2, -0.15) is 0 Å². The highest BCUT2D eigenvalue weighted by Gasteiger charge is 2.07. The third-order valence-corrected chi connectivity index (χ3v) is 4.04. The Morgan fingerprint density at radius 2 is 2.00 bits per heavy atom. The van der Waals surface area contributed by atoms with Crippen LogP contribution in [0.4, 0.5) is 0 Å². The maximum absolute atomic E-state index is 6.08. The van der Waals surface area contributed by atoms with E-state index in [1.165, 1.54) is 10.9 Å². The molecule has 0 fully saturated rings. The highest BCUT2D eigenvalue weighted by atomic mass is 79.9. The summed E-state index contributed by atoms with van der Waals surface area (Å²) in [5.74, 6) is 0.855. The smallest absolute Gasteiger partial charge is 0.123 e. The van der Waals surface area contributed by atoms with Crippen LogP contribution >= 0.6 is 27.5 Å². The van der Waals surface area contributed by atoms with E-state index in [9.17, 15) is 0 Å². The summed E-state index contributed by atoms with van der Waals surface area (Å²) in [5, 5.41) is 1.93. The predicted molar refractivity (Wildman–Crippen MR) is 86.7 cm³/mol. The van der Waals surface area contributed by atoms with Gasteiger partial charge in [-0.15, -0.1) is 0 Å². The molecule has 20 heavy (non-hydrogen) atoms. The zero-order valence-electron chi connectivity index (χ0n) is 10.9. The van der Waals surface area contributed by atoms with Gasteiger partial charge in [-0.25, -0.2) is 0 Å². The van der Waals surface area contributed by atoms with Gasteiger partial charge in [0.25, 0.3) is 0 Å². The minimum atomic E-state index is 0.722. The van der Waals surface area contributed by atoms with Crippen molar-refractivity contribution in [2.75, 3.05) is 7.11 Å². The van der Waals surface area contributed by atoms with Crippen molar-refractivity contribution in [3.63, 3.8) is 0 Å². The number of hydrogen-bond donors (Lipinski definition) is 0. The molecule has 2 aromatic carbocycles. The molecule has 3 rings (SSSR count). The molecular formula is C16H13BrClNO. The lowest BCUT2D eigenvalue weighted by atomic mass is 10.2. The number of rotatable bonds is 3. The normalized spacial score (nSPS) is 10.9. The Labute approximate surface area is 131 Å². The summed E-state index contributed by atoms with van der Waals surface area (Å²) in [6, 6.07) is 14.1. The van der Waals surface area contributed by atoms with Crippen LogP contribution in [0.25, 0.3) is 10.9 Å². The van der Waals surface area contributed by atoms with Crippen LogP contribution in [0.3, 0.4) is 0 Å². The molecule has 0 N–H and O–H groups in total. The van der Waals surface area contributed by atoms with Crippen molar-refractivity contribution in [1.29, 1.82) is 0 Å². The van der Waals surface area contributed by atoms with Gasteiger partial charge in [-0.3, -0.25) is 0 Å². The molecule has 0 bridgehead atoms. The molecule has 102 valence electrons. The zero-order chi connectivity index (χ0) is 14.1. The van der Waals surface area contributed by atoms with E-state index in [2.05, 4.69) is 44.9 Å². The molecule has 0 aliphatic heterocycles. The van der Waals surface area contributed by atoms with Crippen molar-refractivity contribution in [3.05, 3.63) is 63.7 Å². The van der Waals surface area contributed by atoms with E-state index in [1.54, 1.807) is 7.11 Å². The summed E-state index contributed by atoms with van der Waals surface area (Å²) in [6.07, 6.45) is 2.08. The Morgan fingerprint density at radius 1 is 1.15 bits per heavy atom. The van der Waals surface area contributed by atoms with Crippen molar-refractivity contribution in [1.82, 2.24) is 4.57 Å². The summed E-state index contributed by atoms with van der Waals surface area (Å²) in [5.41, 5.74) is 2.26. The molecular weight excluding hydrogens is 338 g/mol. The first kappa shape index (κ1) is 13.5. The number of fused-ring (bicyclic) bond motifs is 1. The number of halogens is 2. The second-order valence-electron chi connectivity index (χ2n) is 4.60. The van der Waals surface area contributed by atoms with Gasteiger partial charge < -0.3 is 9.30 Å². The number of aromatic nitrogens is 1. The van der Waals surface area contributed by atoms with Crippen LogP contribution in [-0.2, 0) is 6.54 Å². The van der Waals surface area contributed by atoms with Crippen LogP contribution in [0.1, 0.15) is 5.56 Å². The summed E-state index contributed by atoms with van der Waals surface area (Å²) in [4.78, 5) is 0. The maximum atomic E-state index is 6.08. The first-order valence-corrected chi connectivity index (χ1v) is 7.41. The van der Waals surface area contributed by atoms with E-state index in [-0.39, 0.29) is 0 Å². The van der Waals surface area contributed by atoms with Crippen LogP contribution in [0.2, 0.25) is 5.02 Å². The topological polar surface area (TPSA) is 14.2 Å². The van der Waals surface area contributed by atoms with Gasteiger partial charge in [-0.05, 0) is 42.5 Å². The average Bonchev–Trinajstić information content (AvgIpc) is 2.81. The van der Waals surface area contributed by atoms with E-state index < -0.39 is 0 Å². The Hall–Kier alpha value is -1.45. The zero-order valence-corrected chi connectivity index (χ0v) is 13.3. The van der Waals surface area contributed by atoms with Gasteiger partial charge in [-0.1, -0.05) is 27.5 Å². The molecule has 0 saturated carbocycles. The lowest BCUT2D eigenvalue weighted by molar-refractivity contribution is 0.408. The second-order valence-corrected chi connectivity index (χ2v) is 5.96. The fraction of sp³-hybridized carbons (Fsp3) is 0.125. The van der Waals surface area contributed by atoms with E-state index in [4.69, 9.17) is 16.3 Å². The number of hydrogen-bond acceptors (Lipinski definition) is 1. The molecule has 0 radical (unpaired) electrons. The van der Waals surface area contributed by atoms with E-state index in [1.807, 2.05) is 24.3 Å².